The second-order valence-corrected chi connectivity index (χ2v) is 3.28. The molecule has 4 heteroatoms. The van der Waals surface area contributed by atoms with E-state index in [9.17, 15) is 9.18 Å². The van der Waals surface area contributed by atoms with Crippen LogP contribution in [0.25, 0.3) is 11.3 Å². The van der Waals surface area contributed by atoms with E-state index >= 15 is 0 Å². The van der Waals surface area contributed by atoms with Gasteiger partial charge < -0.3 is 4.98 Å². The molecule has 0 bridgehead atoms. The molecule has 0 aliphatic rings. The lowest BCUT2D eigenvalue weighted by Crippen LogP contribution is -2.11. The molecule has 0 aliphatic heterocycles. The van der Waals surface area contributed by atoms with Crippen LogP contribution in [0.3, 0.4) is 0 Å². The summed E-state index contributed by atoms with van der Waals surface area (Å²) in [5.74, 6) is -0.528. The smallest absolute Gasteiger partial charge is 0.303 e. The molecule has 2 aromatic rings. The lowest BCUT2D eigenvalue weighted by molar-refractivity contribution is 0.615. The van der Waals surface area contributed by atoms with Gasteiger partial charge in [0, 0.05) is 5.56 Å². The topological polar surface area (TPSA) is 45.8 Å². The summed E-state index contributed by atoms with van der Waals surface area (Å²) in [4.78, 5) is 16.6. The Hall–Kier alpha value is -1.97. The number of aromatic amines is 1. The van der Waals surface area contributed by atoms with Gasteiger partial charge in [0.2, 0.25) is 0 Å². The van der Waals surface area contributed by atoms with Gasteiger partial charge in [-0.15, -0.1) is 0 Å². The molecule has 1 aromatic carbocycles. The molecule has 1 heterocycles. The van der Waals surface area contributed by atoms with Crippen LogP contribution < -0.4 is 5.69 Å². The molecule has 15 heavy (non-hydrogen) atoms. The van der Waals surface area contributed by atoms with Crippen LogP contribution in [0.2, 0.25) is 0 Å². The maximum absolute atomic E-state index is 13.4. The maximum atomic E-state index is 13.4. The van der Waals surface area contributed by atoms with Gasteiger partial charge in [-0.3, -0.25) is 0 Å². The molecule has 1 N–H and O–H groups in total. The van der Waals surface area contributed by atoms with Gasteiger partial charge in [0.05, 0.1) is 11.9 Å². The van der Waals surface area contributed by atoms with Crippen LogP contribution in [-0.4, -0.2) is 9.97 Å². The van der Waals surface area contributed by atoms with Crippen molar-refractivity contribution in [3.63, 3.8) is 0 Å². The average molecular weight is 204 g/mol. The first-order valence-electron chi connectivity index (χ1n) is 4.48. The number of H-pyrrole nitrogens is 1. The van der Waals surface area contributed by atoms with E-state index in [1.165, 1.54) is 0 Å². The second-order valence-electron chi connectivity index (χ2n) is 3.28. The minimum absolute atomic E-state index is 0.179. The Morgan fingerprint density at radius 1 is 1.40 bits per heavy atom. The third kappa shape index (κ3) is 1.93. The minimum Gasteiger partial charge on any atom is -0.303 e. The number of aromatic nitrogens is 2. The molecule has 0 radical (unpaired) electrons. The summed E-state index contributed by atoms with van der Waals surface area (Å²) in [6, 6.07) is 7.25. The number of nitrogens with zero attached hydrogens (tertiary/aromatic N) is 1. The van der Waals surface area contributed by atoms with E-state index in [4.69, 9.17) is 0 Å². The van der Waals surface area contributed by atoms with Gasteiger partial charge in [-0.25, -0.2) is 9.18 Å². The average Bonchev–Trinajstić information content (AvgIpc) is 2.22. The summed E-state index contributed by atoms with van der Waals surface area (Å²) < 4.78 is 13.4. The summed E-state index contributed by atoms with van der Waals surface area (Å²) in [5.41, 5.74) is 1.28. The van der Waals surface area contributed by atoms with E-state index in [1.54, 1.807) is 12.1 Å². The number of rotatable bonds is 1. The van der Waals surface area contributed by atoms with Gasteiger partial charge in [0.15, 0.2) is 5.82 Å². The standard InChI is InChI=1S/C11H9FN2O/c1-7-3-2-4-8(5-7)10-9(12)6-13-11(15)14-10/h2-6H,1H3,(H,13,14,15). The summed E-state index contributed by atoms with van der Waals surface area (Å²) in [6.45, 7) is 1.90. The van der Waals surface area contributed by atoms with E-state index < -0.39 is 11.5 Å². The lowest BCUT2D eigenvalue weighted by Gasteiger charge is -2.02. The van der Waals surface area contributed by atoms with E-state index in [0.717, 1.165) is 11.8 Å². The third-order valence-electron chi connectivity index (χ3n) is 2.07. The molecule has 0 atom stereocenters. The van der Waals surface area contributed by atoms with Gasteiger partial charge in [0.1, 0.15) is 0 Å². The Morgan fingerprint density at radius 2 is 2.20 bits per heavy atom. The highest BCUT2D eigenvalue weighted by molar-refractivity contribution is 5.59. The zero-order valence-electron chi connectivity index (χ0n) is 8.12. The lowest BCUT2D eigenvalue weighted by atomic mass is 10.1. The molecule has 76 valence electrons. The van der Waals surface area contributed by atoms with E-state index in [1.807, 2.05) is 19.1 Å². The molecular weight excluding hydrogens is 195 g/mol. The SMILES string of the molecule is Cc1cccc(-c2[nH]c(=O)ncc2F)c1. The van der Waals surface area contributed by atoms with Gasteiger partial charge in [-0.05, 0) is 13.0 Å². The van der Waals surface area contributed by atoms with Crippen molar-refractivity contribution in [1.29, 1.82) is 0 Å². The molecule has 0 saturated carbocycles. The Morgan fingerprint density at radius 3 is 2.93 bits per heavy atom. The first-order chi connectivity index (χ1) is 7.16. The molecule has 0 aliphatic carbocycles. The number of halogens is 1. The van der Waals surface area contributed by atoms with Crippen molar-refractivity contribution in [2.45, 2.75) is 6.92 Å². The molecule has 0 spiro atoms. The largest absolute Gasteiger partial charge is 0.345 e. The molecular formula is C11H9FN2O. The minimum atomic E-state index is -0.548. The van der Waals surface area contributed by atoms with Gasteiger partial charge >= 0.3 is 5.69 Å². The first-order valence-corrected chi connectivity index (χ1v) is 4.48. The van der Waals surface area contributed by atoms with Crippen molar-refractivity contribution < 1.29 is 4.39 Å². The van der Waals surface area contributed by atoms with Crippen molar-refractivity contribution in [2.75, 3.05) is 0 Å². The zero-order valence-corrected chi connectivity index (χ0v) is 8.12. The molecule has 2 rings (SSSR count). The number of aryl methyl sites for hydroxylation is 1. The van der Waals surface area contributed by atoms with Crippen molar-refractivity contribution in [3.8, 4) is 11.3 Å². The van der Waals surface area contributed by atoms with Crippen LogP contribution in [0.1, 0.15) is 5.56 Å². The fraction of sp³-hybridized carbons (Fsp3) is 0.0909. The Balaban J connectivity index is 2.63. The summed E-state index contributed by atoms with van der Waals surface area (Å²) in [6.07, 6.45) is 0.927. The van der Waals surface area contributed by atoms with Crippen LogP contribution >= 0.6 is 0 Å². The molecule has 0 fully saturated rings. The number of benzene rings is 1. The maximum Gasteiger partial charge on any atom is 0.345 e. The zero-order chi connectivity index (χ0) is 10.8. The summed E-state index contributed by atoms with van der Waals surface area (Å²) in [7, 11) is 0. The fourth-order valence-corrected chi connectivity index (χ4v) is 1.39. The Labute approximate surface area is 85.6 Å². The van der Waals surface area contributed by atoms with Crippen LogP contribution in [0.4, 0.5) is 4.39 Å². The summed E-state index contributed by atoms with van der Waals surface area (Å²) in [5, 5.41) is 0. The van der Waals surface area contributed by atoms with Crippen LogP contribution in [0.5, 0.6) is 0 Å². The number of hydrogen-bond donors (Lipinski definition) is 1. The van der Waals surface area contributed by atoms with E-state index in [0.29, 0.717) is 5.56 Å². The third-order valence-corrected chi connectivity index (χ3v) is 2.07. The quantitative estimate of drug-likeness (QED) is 0.770. The van der Waals surface area contributed by atoms with Crippen molar-refractivity contribution in [1.82, 2.24) is 9.97 Å². The monoisotopic (exact) mass is 204 g/mol. The molecule has 0 amide bonds. The highest BCUT2D eigenvalue weighted by atomic mass is 19.1. The second kappa shape index (κ2) is 3.65. The first kappa shape index (κ1) is 9.58. The Bertz CT molecular complexity index is 548. The van der Waals surface area contributed by atoms with Crippen molar-refractivity contribution in [2.24, 2.45) is 0 Å². The molecule has 0 saturated heterocycles. The predicted octanol–water partition coefficient (Wildman–Crippen LogP) is 1.88. The van der Waals surface area contributed by atoms with E-state index in [-0.39, 0.29) is 5.69 Å². The van der Waals surface area contributed by atoms with Crippen LogP contribution in [0.15, 0.2) is 35.3 Å². The van der Waals surface area contributed by atoms with Crippen molar-refractivity contribution >= 4 is 0 Å². The number of nitrogens with one attached hydrogen (secondary N) is 1. The molecule has 1 aromatic heterocycles. The van der Waals surface area contributed by atoms with Gasteiger partial charge in [-0.1, -0.05) is 23.8 Å². The fourth-order valence-electron chi connectivity index (χ4n) is 1.39. The molecule has 0 unspecified atom stereocenters. The van der Waals surface area contributed by atoms with Gasteiger partial charge in [-0.2, -0.15) is 4.98 Å². The summed E-state index contributed by atoms with van der Waals surface area (Å²) >= 11 is 0. The molecule has 3 nitrogen and oxygen atoms in total. The highest BCUT2D eigenvalue weighted by Crippen LogP contribution is 2.19. The highest BCUT2D eigenvalue weighted by Gasteiger charge is 2.06. The number of hydrogen-bond acceptors (Lipinski definition) is 2. The Kier molecular flexibility index (Phi) is 2.33. The normalized spacial score (nSPS) is 10.3. The van der Waals surface area contributed by atoms with Crippen molar-refractivity contribution in [3.05, 3.63) is 52.3 Å². The van der Waals surface area contributed by atoms with Crippen LogP contribution in [0, 0.1) is 12.7 Å². The van der Waals surface area contributed by atoms with E-state index in [2.05, 4.69) is 9.97 Å². The van der Waals surface area contributed by atoms with Gasteiger partial charge in [0.25, 0.3) is 0 Å². The predicted molar refractivity (Wildman–Crippen MR) is 55.0 cm³/mol. The van der Waals surface area contributed by atoms with Crippen LogP contribution in [-0.2, 0) is 0 Å².